The molecule has 2 rings (SSSR count). The van der Waals surface area contributed by atoms with Crippen molar-refractivity contribution in [1.29, 1.82) is 0 Å². The van der Waals surface area contributed by atoms with Crippen molar-refractivity contribution in [1.82, 2.24) is 4.98 Å². The smallest absolute Gasteiger partial charge is 0.149 e. The second-order valence-corrected chi connectivity index (χ2v) is 4.55. The van der Waals surface area contributed by atoms with E-state index in [4.69, 9.17) is 11.5 Å². The number of hydrogen-bond acceptors (Lipinski definition) is 4. The maximum atomic E-state index is 13.5. The van der Waals surface area contributed by atoms with Gasteiger partial charge in [-0.25, -0.2) is 9.37 Å². The number of nitrogens with zero attached hydrogens (tertiary/aromatic N) is 1. The molecule has 0 aliphatic carbocycles. The number of anilines is 3. The fourth-order valence-electron chi connectivity index (χ4n) is 1.75. The molecule has 0 aliphatic rings. The van der Waals surface area contributed by atoms with E-state index in [-0.39, 0.29) is 17.7 Å². The number of hydrogen-bond donors (Lipinski definition) is 3. The van der Waals surface area contributed by atoms with Crippen LogP contribution in [0.2, 0.25) is 0 Å². The lowest BCUT2D eigenvalue weighted by Crippen LogP contribution is -2.09. The number of pyridine rings is 1. The van der Waals surface area contributed by atoms with Crippen LogP contribution in [0.5, 0.6) is 0 Å². The van der Waals surface area contributed by atoms with E-state index in [0.717, 1.165) is 5.56 Å². The van der Waals surface area contributed by atoms with Crippen LogP contribution in [0, 0.1) is 12.7 Å². The van der Waals surface area contributed by atoms with Crippen molar-refractivity contribution in [3.63, 3.8) is 0 Å². The third-order valence-corrected chi connectivity index (χ3v) is 3.02. The number of benzene rings is 1. The number of nitrogen functional groups attached to an aromatic ring is 2. The van der Waals surface area contributed by atoms with E-state index in [9.17, 15) is 4.39 Å². The van der Waals surface area contributed by atoms with Crippen LogP contribution in [-0.2, 0) is 0 Å². The number of aryl methyl sites for hydroxylation is 1. The third-order valence-electron chi connectivity index (χ3n) is 3.02. The van der Waals surface area contributed by atoms with Crippen LogP contribution in [0.1, 0.15) is 24.1 Å². The first-order valence-electron chi connectivity index (χ1n) is 6.02. The second kappa shape index (κ2) is 5.14. The van der Waals surface area contributed by atoms with E-state index in [1.54, 1.807) is 25.1 Å². The molecule has 100 valence electrons. The fourth-order valence-corrected chi connectivity index (χ4v) is 1.75. The van der Waals surface area contributed by atoms with Crippen molar-refractivity contribution in [3.05, 3.63) is 47.3 Å². The van der Waals surface area contributed by atoms with Crippen LogP contribution >= 0.6 is 0 Å². The minimum atomic E-state index is -0.212. The Morgan fingerprint density at radius 3 is 2.58 bits per heavy atom. The number of halogens is 1. The van der Waals surface area contributed by atoms with Crippen LogP contribution in [-0.4, -0.2) is 4.98 Å². The standard InChI is InChI=1S/C14H17FN4/c1-8-3-4-10(7-11(8)15)9(2)18-13-6-5-12(16)14(17)19-13/h3-7,9H,16H2,1-2H3,(H3,17,18,19). The van der Waals surface area contributed by atoms with Crippen molar-refractivity contribution in [3.8, 4) is 0 Å². The lowest BCUT2D eigenvalue weighted by atomic mass is 10.1. The Morgan fingerprint density at radius 2 is 1.95 bits per heavy atom. The van der Waals surface area contributed by atoms with Gasteiger partial charge in [-0.3, -0.25) is 0 Å². The molecule has 1 unspecified atom stereocenters. The van der Waals surface area contributed by atoms with E-state index in [1.165, 1.54) is 6.07 Å². The third kappa shape index (κ3) is 2.93. The number of nitrogens with two attached hydrogens (primary N) is 2. The Morgan fingerprint density at radius 1 is 1.21 bits per heavy atom. The zero-order valence-electron chi connectivity index (χ0n) is 10.9. The van der Waals surface area contributed by atoms with Crippen molar-refractivity contribution in [2.45, 2.75) is 19.9 Å². The molecule has 0 fully saturated rings. The van der Waals surface area contributed by atoms with Crippen molar-refractivity contribution in [2.75, 3.05) is 16.8 Å². The predicted molar refractivity (Wildman–Crippen MR) is 76.2 cm³/mol. The zero-order chi connectivity index (χ0) is 14.0. The molecule has 1 aromatic heterocycles. The molecular formula is C14H17FN4. The molecule has 0 aliphatic heterocycles. The Bertz CT molecular complexity index is 598. The van der Waals surface area contributed by atoms with Gasteiger partial charge in [0, 0.05) is 0 Å². The maximum absolute atomic E-state index is 13.5. The van der Waals surface area contributed by atoms with E-state index in [2.05, 4.69) is 10.3 Å². The maximum Gasteiger partial charge on any atom is 0.149 e. The van der Waals surface area contributed by atoms with E-state index in [0.29, 0.717) is 17.1 Å². The molecule has 0 radical (unpaired) electrons. The summed E-state index contributed by atoms with van der Waals surface area (Å²) in [6.07, 6.45) is 0. The summed E-state index contributed by atoms with van der Waals surface area (Å²) in [6, 6.07) is 8.52. The van der Waals surface area contributed by atoms with E-state index >= 15 is 0 Å². The van der Waals surface area contributed by atoms with Gasteiger partial charge in [0.1, 0.15) is 17.5 Å². The summed E-state index contributed by atoms with van der Waals surface area (Å²) in [6.45, 7) is 3.66. The average molecular weight is 260 g/mol. The average Bonchev–Trinajstić information content (AvgIpc) is 2.37. The second-order valence-electron chi connectivity index (χ2n) is 4.55. The van der Waals surface area contributed by atoms with Gasteiger partial charge >= 0.3 is 0 Å². The molecule has 0 amide bonds. The monoisotopic (exact) mass is 260 g/mol. The molecule has 0 spiro atoms. The molecule has 1 atom stereocenters. The number of rotatable bonds is 3. The van der Waals surface area contributed by atoms with E-state index in [1.807, 2.05) is 13.0 Å². The minimum absolute atomic E-state index is 0.0781. The van der Waals surface area contributed by atoms with Gasteiger partial charge < -0.3 is 16.8 Å². The van der Waals surface area contributed by atoms with Crippen LogP contribution in [0.25, 0.3) is 0 Å². The normalized spacial score (nSPS) is 12.2. The van der Waals surface area contributed by atoms with Gasteiger partial charge in [-0.05, 0) is 43.2 Å². The van der Waals surface area contributed by atoms with Crippen LogP contribution < -0.4 is 16.8 Å². The highest BCUT2D eigenvalue weighted by atomic mass is 19.1. The Balaban J connectivity index is 2.17. The molecule has 19 heavy (non-hydrogen) atoms. The molecule has 4 nitrogen and oxygen atoms in total. The minimum Gasteiger partial charge on any atom is -0.396 e. The molecule has 0 saturated heterocycles. The zero-order valence-corrected chi connectivity index (χ0v) is 10.9. The van der Waals surface area contributed by atoms with E-state index < -0.39 is 0 Å². The van der Waals surface area contributed by atoms with Crippen molar-refractivity contribution < 1.29 is 4.39 Å². The molecule has 0 saturated carbocycles. The quantitative estimate of drug-likeness (QED) is 0.793. The fraction of sp³-hybridized carbons (Fsp3) is 0.214. The molecular weight excluding hydrogens is 243 g/mol. The van der Waals surface area contributed by atoms with Crippen molar-refractivity contribution >= 4 is 17.3 Å². The van der Waals surface area contributed by atoms with Gasteiger partial charge in [-0.1, -0.05) is 12.1 Å². The first-order chi connectivity index (χ1) is 8.97. The van der Waals surface area contributed by atoms with Crippen LogP contribution in [0.4, 0.5) is 21.7 Å². The highest BCUT2D eigenvalue weighted by Crippen LogP contribution is 2.22. The molecule has 0 bridgehead atoms. The summed E-state index contributed by atoms with van der Waals surface area (Å²) in [5.41, 5.74) is 13.2. The predicted octanol–water partition coefficient (Wildman–Crippen LogP) is 2.87. The summed E-state index contributed by atoms with van der Waals surface area (Å²) in [5.74, 6) is 0.684. The van der Waals surface area contributed by atoms with Gasteiger partial charge in [-0.2, -0.15) is 0 Å². The highest BCUT2D eigenvalue weighted by Gasteiger charge is 2.09. The summed E-state index contributed by atoms with van der Waals surface area (Å²) < 4.78 is 13.5. The molecule has 1 heterocycles. The van der Waals surface area contributed by atoms with Gasteiger partial charge in [0.05, 0.1) is 11.7 Å². The van der Waals surface area contributed by atoms with Crippen LogP contribution in [0.15, 0.2) is 30.3 Å². The number of aromatic nitrogens is 1. The Hall–Kier alpha value is -2.30. The summed E-state index contributed by atoms with van der Waals surface area (Å²) >= 11 is 0. The first kappa shape index (κ1) is 13.1. The lowest BCUT2D eigenvalue weighted by Gasteiger charge is -2.16. The van der Waals surface area contributed by atoms with Gasteiger partial charge in [0.25, 0.3) is 0 Å². The van der Waals surface area contributed by atoms with Crippen LogP contribution in [0.3, 0.4) is 0 Å². The summed E-state index contributed by atoms with van der Waals surface area (Å²) in [5, 5.41) is 3.16. The molecule has 5 N–H and O–H groups in total. The summed E-state index contributed by atoms with van der Waals surface area (Å²) in [7, 11) is 0. The number of nitrogens with one attached hydrogen (secondary N) is 1. The first-order valence-corrected chi connectivity index (χ1v) is 6.02. The summed E-state index contributed by atoms with van der Waals surface area (Å²) in [4.78, 5) is 4.13. The van der Waals surface area contributed by atoms with Crippen molar-refractivity contribution in [2.24, 2.45) is 0 Å². The SMILES string of the molecule is Cc1ccc(C(C)Nc2ccc(N)c(N)n2)cc1F. The molecule has 2 aromatic rings. The Labute approximate surface area is 111 Å². The molecule has 1 aromatic carbocycles. The largest absolute Gasteiger partial charge is 0.396 e. The Kier molecular flexibility index (Phi) is 3.55. The molecule has 5 heteroatoms. The topological polar surface area (TPSA) is 77.0 Å². The highest BCUT2D eigenvalue weighted by molar-refractivity contribution is 5.61. The van der Waals surface area contributed by atoms with Gasteiger partial charge in [-0.15, -0.1) is 0 Å². The lowest BCUT2D eigenvalue weighted by molar-refractivity contribution is 0.614. The van der Waals surface area contributed by atoms with Gasteiger partial charge in [0.2, 0.25) is 0 Å². The van der Waals surface area contributed by atoms with Gasteiger partial charge in [0.15, 0.2) is 0 Å².